The molecule has 1 aromatic heterocycles. The standard InChI is InChI=1S/C29H26ClNO5/c1-4-35-21-11-7-19(8-12-21)26-25-27(32)22-16-23(30)17(2)15-24(22)36-28(25)29(33)31(26)14-13-18-5-9-20(34-3)10-6-18/h5-12,15-16,26H,4,13-14H2,1-3H3. The Bertz CT molecular complexity index is 1490. The molecule has 6 nitrogen and oxygen atoms in total. The molecule has 0 saturated carbocycles. The summed E-state index contributed by atoms with van der Waals surface area (Å²) >= 11 is 6.33. The maximum absolute atomic E-state index is 13.7. The molecule has 1 atom stereocenters. The summed E-state index contributed by atoms with van der Waals surface area (Å²) in [6, 6.07) is 18.0. The molecule has 3 aromatic carbocycles. The van der Waals surface area contributed by atoms with E-state index in [-0.39, 0.29) is 17.1 Å². The number of halogens is 1. The van der Waals surface area contributed by atoms with Crippen LogP contribution in [0.1, 0.15) is 45.8 Å². The van der Waals surface area contributed by atoms with E-state index in [4.69, 9.17) is 25.5 Å². The van der Waals surface area contributed by atoms with E-state index in [1.807, 2.05) is 62.4 Å². The Morgan fingerprint density at radius 2 is 1.69 bits per heavy atom. The smallest absolute Gasteiger partial charge is 0.290 e. The minimum atomic E-state index is -0.581. The number of methoxy groups -OCH3 is 1. The largest absolute Gasteiger partial charge is 0.497 e. The molecule has 0 spiro atoms. The molecule has 1 aliphatic heterocycles. The number of aryl methyl sites for hydroxylation is 1. The number of carbonyl (C=O) groups is 1. The minimum Gasteiger partial charge on any atom is -0.497 e. The Labute approximate surface area is 214 Å². The van der Waals surface area contributed by atoms with Crippen LogP contribution < -0.4 is 14.9 Å². The Hall–Kier alpha value is -3.77. The molecule has 5 rings (SSSR count). The van der Waals surface area contributed by atoms with Gasteiger partial charge in [-0.05, 0) is 73.4 Å². The molecule has 0 fully saturated rings. The van der Waals surface area contributed by atoms with E-state index in [0.717, 1.165) is 28.2 Å². The van der Waals surface area contributed by atoms with Gasteiger partial charge in [0.25, 0.3) is 5.91 Å². The Kier molecular flexibility index (Phi) is 6.46. The van der Waals surface area contributed by atoms with Gasteiger partial charge in [-0.3, -0.25) is 9.59 Å². The van der Waals surface area contributed by atoms with Crippen molar-refractivity contribution in [2.45, 2.75) is 26.3 Å². The third-order valence-electron chi connectivity index (χ3n) is 6.55. The van der Waals surface area contributed by atoms with Gasteiger partial charge in [-0.1, -0.05) is 35.9 Å². The van der Waals surface area contributed by atoms with Crippen LogP contribution in [0.4, 0.5) is 0 Å². The number of hydrogen-bond donors (Lipinski definition) is 0. The molecule has 184 valence electrons. The number of benzene rings is 3. The van der Waals surface area contributed by atoms with Crippen LogP contribution >= 0.6 is 11.6 Å². The molecule has 36 heavy (non-hydrogen) atoms. The summed E-state index contributed by atoms with van der Waals surface area (Å²) in [4.78, 5) is 29.1. The zero-order valence-corrected chi connectivity index (χ0v) is 21.1. The van der Waals surface area contributed by atoms with Gasteiger partial charge in [0.1, 0.15) is 17.1 Å². The molecule has 0 bridgehead atoms. The van der Waals surface area contributed by atoms with Crippen molar-refractivity contribution in [3.8, 4) is 11.5 Å². The Balaban J connectivity index is 1.60. The van der Waals surface area contributed by atoms with Crippen molar-refractivity contribution in [1.82, 2.24) is 4.90 Å². The number of ether oxygens (including phenoxy) is 2. The summed E-state index contributed by atoms with van der Waals surface area (Å²) in [5.74, 6) is 1.28. The molecular formula is C29H26ClNO5. The zero-order chi connectivity index (χ0) is 25.4. The van der Waals surface area contributed by atoms with E-state index in [2.05, 4.69) is 0 Å². The minimum absolute atomic E-state index is 0.0860. The van der Waals surface area contributed by atoms with Crippen molar-refractivity contribution < 1.29 is 18.7 Å². The average Bonchev–Trinajstić information content (AvgIpc) is 3.16. The van der Waals surface area contributed by atoms with Crippen LogP contribution in [-0.2, 0) is 6.42 Å². The Morgan fingerprint density at radius 3 is 2.36 bits per heavy atom. The summed E-state index contributed by atoms with van der Waals surface area (Å²) in [5, 5.41) is 0.846. The summed E-state index contributed by atoms with van der Waals surface area (Å²) in [6.07, 6.45) is 0.607. The number of rotatable bonds is 7. The van der Waals surface area contributed by atoms with Crippen molar-refractivity contribution in [3.63, 3.8) is 0 Å². The molecule has 4 aromatic rings. The molecule has 1 amide bonds. The zero-order valence-electron chi connectivity index (χ0n) is 20.3. The van der Waals surface area contributed by atoms with Gasteiger partial charge in [0, 0.05) is 11.6 Å². The van der Waals surface area contributed by atoms with Crippen molar-refractivity contribution in [2.75, 3.05) is 20.3 Å². The molecule has 2 heterocycles. The molecule has 1 aliphatic rings. The van der Waals surface area contributed by atoms with E-state index in [9.17, 15) is 9.59 Å². The van der Waals surface area contributed by atoms with Crippen LogP contribution in [0.25, 0.3) is 11.0 Å². The summed E-state index contributed by atoms with van der Waals surface area (Å²) < 4.78 is 16.9. The van der Waals surface area contributed by atoms with Crippen LogP contribution in [0.3, 0.4) is 0 Å². The summed E-state index contributed by atoms with van der Waals surface area (Å²) in [6.45, 7) is 4.71. The van der Waals surface area contributed by atoms with Crippen molar-refractivity contribution >= 4 is 28.5 Å². The van der Waals surface area contributed by atoms with E-state index in [1.54, 1.807) is 24.1 Å². The maximum Gasteiger partial charge on any atom is 0.290 e. The predicted octanol–water partition coefficient (Wildman–Crippen LogP) is 5.95. The van der Waals surface area contributed by atoms with Crippen LogP contribution in [0.15, 0.2) is 69.9 Å². The molecule has 0 aliphatic carbocycles. The van der Waals surface area contributed by atoms with Gasteiger partial charge in [-0.15, -0.1) is 0 Å². The fraction of sp³-hybridized carbons (Fsp3) is 0.241. The second-order valence-electron chi connectivity index (χ2n) is 8.77. The third-order valence-corrected chi connectivity index (χ3v) is 6.96. The lowest BCUT2D eigenvalue weighted by molar-refractivity contribution is 0.0730. The summed E-state index contributed by atoms with van der Waals surface area (Å²) in [7, 11) is 1.62. The fourth-order valence-electron chi connectivity index (χ4n) is 4.67. The molecule has 0 saturated heterocycles. The van der Waals surface area contributed by atoms with Crippen LogP contribution in [0.2, 0.25) is 5.02 Å². The normalized spacial score (nSPS) is 14.8. The lowest BCUT2D eigenvalue weighted by Crippen LogP contribution is -2.31. The number of hydrogen-bond acceptors (Lipinski definition) is 5. The van der Waals surface area contributed by atoms with E-state index >= 15 is 0 Å². The van der Waals surface area contributed by atoms with Crippen LogP contribution in [0, 0.1) is 6.92 Å². The Morgan fingerprint density at radius 1 is 1.00 bits per heavy atom. The first-order valence-electron chi connectivity index (χ1n) is 11.8. The van der Waals surface area contributed by atoms with Gasteiger partial charge >= 0.3 is 0 Å². The highest BCUT2D eigenvalue weighted by atomic mass is 35.5. The first-order chi connectivity index (χ1) is 17.4. The van der Waals surface area contributed by atoms with Gasteiger partial charge in [0.2, 0.25) is 5.76 Å². The van der Waals surface area contributed by atoms with Gasteiger partial charge in [-0.25, -0.2) is 0 Å². The van der Waals surface area contributed by atoms with Crippen molar-refractivity contribution in [1.29, 1.82) is 0 Å². The lowest BCUT2D eigenvalue weighted by atomic mass is 9.98. The van der Waals surface area contributed by atoms with Gasteiger partial charge in [-0.2, -0.15) is 0 Å². The highest BCUT2D eigenvalue weighted by Crippen LogP contribution is 2.39. The average molecular weight is 504 g/mol. The summed E-state index contributed by atoms with van der Waals surface area (Å²) in [5.41, 5.74) is 3.09. The maximum atomic E-state index is 13.7. The first-order valence-corrected chi connectivity index (χ1v) is 12.2. The quantitative estimate of drug-likeness (QED) is 0.312. The van der Waals surface area contributed by atoms with Crippen molar-refractivity contribution in [2.24, 2.45) is 0 Å². The predicted molar refractivity (Wildman–Crippen MR) is 139 cm³/mol. The van der Waals surface area contributed by atoms with Gasteiger partial charge < -0.3 is 18.8 Å². The highest BCUT2D eigenvalue weighted by Gasteiger charge is 2.42. The van der Waals surface area contributed by atoms with Gasteiger partial charge in [0.15, 0.2) is 5.43 Å². The number of nitrogens with zero attached hydrogens (tertiary/aromatic N) is 1. The second kappa shape index (κ2) is 9.70. The molecule has 0 N–H and O–H groups in total. The highest BCUT2D eigenvalue weighted by molar-refractivity contribution is 6.32. The SMILES string of the molecule is CCOc1ccc(C2c3c(oc4cc(C)c(Cl)cc4c3=O)C(=O)N2CCc2ccc(OC)cc2)cc1. The molecular weight excluding hydrogens is 478 g/mol. The number of fused-ring (bicyclic) bond motifs is 2. The van der Waals surface area contributed by atoms with E-state index < -0.39 is 6.04 Å². The van der Waals surface area contributed by atoms with E-state index in [1.165, 1.54) is 0 Å². The van der Waals surface area contributed by atoms with Crippen LogP contribution in [0.5, 0.6) is 11.5 Å². The first kappa shape index (κ1) is 23.9. The number of amides is 1. The van der Waals surface area contributed by atoms with Gasteiger partial charge in [0.05, 0.1) is 30.7 Å². The second-order valence-corrected chi connectivity index (χ2v) is 9.18. The van der Waals surface area contributed by atoms with E-state index in [0.29, 0.717) is 41.1 Å². The fourth-order valence-corrected chi connectivity index (χ4v) is 4.84. The molecule has 7 heteroatoms. The van der Waals surface area contributed by atoms with Crippen LogP contribution in [-0.4, -0.2) is 31.1 Å². The third kappa shape index (κ3) is 4.22. The monoisotopic (exact) mass is 503 g/mol. The van der Waals surface area contributed by atoms with Crippen molar-refractivity contribution in [3.05, 3.63) is 104 Å². The lowest BCUT2D eigenvalue weighted by Gasteiger charge is -2.25. The molecule has 0 radical (unpaired) electrons. The number of carbonyl (C=O) groups excluding carboxylic acids is 1. The topological polar surface area (TPSA) is 69.0 Å². The molecule has 1 unspecified atom stereocenters.